The van der Waals surface area contributed by atoms with E-state index in [4.69, 9.17) is 5.73 Å². The van der Waals surface area contributed by atoms with Crippen LogP contribution in [0.2, 0.25) is 0 Å². The molecule has 3 aromatic carbocycles. The molecule has 4 atom stereocenters. The van der Waals surface area contributed by atoms with E-state index >= 15 is 0 Å². The number of nitrogens with two attached hydrogens (primary N) is 1. The highest BCUT2D eigenvalue weighted by Gasteiger charge is 2.62. The number of aliphatic hydroxyl groups excluding tert-OH is 1. The zero-order valence-corrected chi connectivity index (χ0v) is 17.7. The molecule has 34 heavy (non-hydrogen) atoms. The Labute approximate surface area is 192 Å². The van der Waals surface area contributed by atoms with E-state index in [-0.39, 0.29) is 34.1 Å². The topological polar surface area (TPSA) is 178 Å². The van der Waals surface area contributed by atoms with Crippen LogP contribution in [0.15, 0.2) is 42.5 Å². The Morgan fingerprint density at radius 2 is 1.62 bits per heavy atom. The lowest BCUT2D eigenvalue weighted by molar-refractivity contribution is -0.180. The van der Waals surface area contributed by atoms with Crippen molar-refractivity contribution in [3.8, 4) is 28.4 Å². The second kappa shape index (κ2) is 7.28. The first-order valence-electron chi connectivity index (χ1n) is 10.6. The van der Waals surface area contributed by atoms with Gasteiger partial charge in [0.1, 0.15) is 23.4 Å². The van der Waals surface area contributed by atoms with Crippen LogP contribution in [0.4, 0.5) is 0 Å². The van der Waals surface area contributed by atoms with Gasteiger partial charge in [-0.25, -0.2) is 0 Å². The van der Waals surface area contributed by atoms with Gasteiger partial charge in [-0.2, -0.15) is 0 Å². The summed E-state index contributed by atoms with van der Waals surface area (Å²) in [5, 5.41) is 55.3. The van der Waals surface area contributed by atoms with Crippen LogP contribution in [0.3, 0.4) is 0 Å². The van der Waals surface area contributed by atoms with Gasteiger partial charge in [0.25, 0.3) is 0 Å². The molecule has 0 radical (unpaired) electrons. The fourth-order valence-electron chi connectivity index (χ4n) is 5.43. The maximum Gasteiger partial charge on any atom is 0.235 e. The Morgan fingerprint density at radius 3 is 2.26 bits per heavy atom. The Kier molecular flexibility index (Phi) is 4.68. The molecule has 174 valence electrons. The number of carbonyl (C=O) groups excluding carboxylic acids is 3. The van der Waals surface area contributed by atoms with Gasteiger partial charge >= 0.3 is 0 Å². The van der Waals surface area contributed by atoms with E-state index in [0.29, 0.717) is 11.1 Å². The largest absolute Gasteiger partial charge is 0.507 e. The van der Waals surface area contributed by atoms with Crippen LogP contribution in [0.25, 0.3) is 21.9 Å². The van der Waals surface area contributed by atoms with Crippen LogP contribution in [0, 0.1) is 11.8 Å². The SMILES string of the molecule is NC(=O)C1C(=O)C[C@@H]2Cc3c(c(O)c4c(O)ccc(-c5ccccc5)c4c3O)C(O)[C@]2(O)C1=O. The normalized spacial score (nSPS) is 26.2. The first-order chi connectivity index (χ1) is 16.1. The molecule has 0 aliphatic heterocycles. The Morgan fingerprint density at radius 1 is 0.941 bits per heavy atom. The van der Waals surface area contributed by atoms with Crippen LogP contribution in [-0.2, 0) is 20.8 Å². The van der Waals surface area contributed by atoms with Crippen molar-refractivity contribution in [2.45, 2.75) is 24.5 Å². The summed E-state index contributed by atoms with van der Waals surface area (Å²) in [6, 6.07) is 11.8. The number of benzene rings is 3. The molecular formula is C25H21NO8. The molecule has 0 heterocycles. The average Bonchev–Trinajstić information content (AvgIpc) is 2.79. The summed E-state index contributed by atoms with van der Waals surface area (Å²) in [6.45, 7) is 0. The van der Waals surface area contributed by atoms with Gasteiger partial charge < -0.3 is 31.3 Å². The van der Waals surface area contributed by atoms with Crippen molar-refractivity contribution in [3.63, 3.8) is 0 Å². The number of carbonyl (C=O) groups is 3. The van der Waals surface area contributed by atoms with Gasteiger partial charge in [0.2, 0.25) is 5.91 Å². The summed E-state index contributed by atoms with van der Waals surface area (Å²) in [4.78, 5) is 37.2. The van der Waals surface area contributed by atoms with Gasteiger partial charge in [0.15, 0.2) is 23.1 Å². The molecule has 3 aromatic rings. The quantitative estimate of drug-likeness (QED) is 0.242. The van der Waals surface area contributed by atoms with E-state index in [1.165, 1.54) is 6.07 Å². The van der Waals surface area contributed by atoms with E-state index in [2.05, 4.69) is 0 Å². The Hall–Kier alpha value is -3.95. The molecule has 1 amide bonds. The zero-order valence-electron chi connectivity index (χ0n) is 17.7. The molecule has 2 aliphatic rings. The third kappa shape index (κ3) is 2.71. The number of aromatic hydroxyl groups is 3. The highest BCUT2D eigenvalue weighted by atomic mass is 16.4. The third-order valence-corrected chi connectivity index (χ3v) is 7.08. The first-order valence-corrected chi connectivity index (χ1v) is 10.6. The predicted molar refractivity (Wildman–Crippen MR) is 119 cm³/mol. The van der Waals surface area contributed by atoms with E-state index in [1.54, 1.807) is 36.4 Å². The summed E-state index contributed by atoms with van der Waals surface area (Å²) < 4.78 is 0. The number of amides is 1. The highest BCUT2D eigenvalue weighted by Crippen LogP contribution is 2.56. The maximum absolute atomic E-state index is 13.0. The van der Waals surface area contributed by atoms with Gasteiger partial charge in [-0.3, -0.25) is 14.4 Å². The van der Waals surface area contributed by atoms with Crippen LogP contribution in [0.1, 0.15) is 23.7 Å². The fourth-order valence-corrected chi connectivity index (χ4v) is 5.43. The molecule has 9 heteroatoms. The molecule has 0 spiro atoms. The zero-order chi connectivity index (χ0) is 24.5. The van der Waals surface area contributed by atoms with Crippen molar-refractivity contribution in [3.05, 3.63) is 53.6 Å². The summed E-state index contributed by atoms with van der Waals surface area (Å²) in [7, 11) is 0. The third-order valence-electron chi connectivity index (χ3n) is 7.08. The smallest absolute Gasteiger partial charge is 0.235 e. The van der Waals surface area contributed by atoms with Crippen LogP contribution >= 0.6 is 0 Å². The molecule has 5 rings (SSSR count). The van der Waals surface area contributed by atoms with Crippen molar-refractivity contribution in [2.24, 2.45) is 17.6 Å². The summed E-state index contributed by atoms with van der Waals surface area (Å²) in [5.41, 5.74) is 3.46. The summed E-state index contributed by atoms with van der Waals surface area (Å²) >= 11 is 0. The number of aliphatic hydroxyl groups is 2. The minimum Gasteiger partial charge on any atom is -0.507 e. The van der Waals surface area contributed by atoms with Crippen molar-refractivity contribution in [1.82, 2.24) is 0 Å². The van der Waals surface area contributed by atoms with Crippen molar-refractivity contribution >= 4 is 28.2 Å². The van der Waals surface area contributed by atoms with Crippen molar-refractivity contribution in [2.75, 3.05) is 0 Å². The number of primary amides is 1. The number of ketones is 2. The van der Waals surface area contributed by atoms with Crippen molar-refractivity contribution < 1.29 is 39.9 Å². The monoisotopic (exact) mass is 463 g/mol. The standard InChI is InChI=1S/C25H21NO8/c26-24(33)19-15(28)9-11-8-13-17(22(31)25(11,34)23(19)32)21(30)18-14(27)7-6-12(16(18)20(13)29)10-4-2-1-3-5-10/h1-7,11,19,22,27,29-31,34H,8-9H2,(H2,26,33)/t11-,19?,22?,25-/m0/s1. The maximum atomic E-state index is 13.0. The molecular weight excluding hydrogens is 442 g/mol. The number of phenols is 3. The average molecular weight is 463 g/mol. The predicted octanol–water partition coefficient (Wildman–Crippen LogP) is 1.20. The molecule has 0 aromatic heterocycles. The van der Waals surface area contributed by atoms with Crippen LogP contribution in [-0.4, -0.2) is 48.6 Å². The molecule has 9 nitrogen and oxygen atoms in total. The van der Waals surface area contributed by atoms with Gasteiger partial charge in [-0.05, 0) is 29.7 Å². The van der Waals surface area contributed by atoms with E-state index in [0.717, 1.165) is 0 Å². The lowest BCUT2D eigenvalue weighted by Gasteiger charge is -2.47. The second-order valence-electron chi connectivity index (χ2n) is 8.84. The van der Waals surface area contributed by atoms with Gasteiger partial charge in [-0.1, -0.05) is 30.3 Å². The van der Waals surface area contributed by atoms with Gasteiger partial charge in [0, 0.05) is 28.9 Å². The molecule has 2 unspecified atom stereocenters. The minimum absolute atomic E-state index is 0.0353. The van der Waals surface area contributed by atoms with Gasteiger partial charge in [-0.15, -0.1) is 0 Å². The summed E-state index contributed by atoms with van der Waals surface area (Å²) in [5.74, 6) is -7.75. The number of Topliss-reactive ketones (excluding diaryl/α,β-unsaturated/α-hetero) is 2. The molecule has 0 bridgehead atoms. The first kappa shape index (κ1) is 21.9. The Bertz CT molecular complexity index is 1400. The Balaban J connectivity index is 1.81. The van der Waals surface area contributed by atoms with E-state index < -0.39 is 58.9 Å². The molecule has 7 N–H and O–H groups in total. The minimum atomic E-state index is -2.59. The molecule has 2 aliphatic carbocycles. The molecule has 0 saturated heterocycles. The lowest BCUT2D eigenvalue weighted by Crippen LogP contribution is -2.63. The number of phenolic OH excluding ortho intramolecular Hbond substituents is 3. The van der Waals surface area contributed by atoms with Crippen LogP contribution < -0.4 is 5.73 Å². The van der Waals surface area contributed by atoms with E-state index in [1.807, 2.05) is 0 Å². The van der Waals surface area contributed by atoms with Crippen LogP contribution in [0.5, 0.6) is 17.2 Å². The van der Waals surface area contributed by atoms with Crippen molar-refractivity contribution in [1.29, 1.82) is 0 Å². The molecule has 1 fully saturated rings. The number of rotatable bonds is 2. The summed E-state index contributed by atoms with van der Waals surface area (Å²) in [6.07, 6.45) is -2.76. The van der Waals surface area contributed by atoms with Gasteiger partial charge in [0.05, 0.1) is 5.39 Å². The second-order valence-corrected chi connectivity index (χ2v) is 8.84. The molecule has 1 saturated carbocycles. The number of hydrogen-bond acceptors (Lipinski definition) is 8. The number of fused-ring (bicyclic) bond motifs is 3. The highest BCUT2D eigenvalue weighted by molar-refractivity contribution is 6.22. The lowest BCUT2D eigenvalue weighted by atomic mass is 9.59. The fraction of sp³-hybridized carbons (Fsp3) is 0.240. The number of hydrogen-bond donors (Lipinski definition) is 6. The van der Waals surface area contributed by atoms with E-state index in [9.17, 15) is 39.9 Å².